The molecule has 5 nitrogen and oxygen atoms in total. The number of aromatic nitrogens is 1. The average molecular weight is 437 g/mol. The van der Waals surface area contributed by atoms with E-state index in [2.05, 4.69) is 25.9 Å². The number of phenols is 1. The lowest BCUT2D eigenvalue weighted by Crippen LogP contribution is -1.89. The van der Waals surface area contributed by atoms with Crippen LogP contribution in [-0.2, 0) is 0 Å². The molecule has 0 aliphatic carbocycles. The Labute approximate surface area is 170 Å². The molecule has 28 heavy (non-hydrogen) atoms. The van der Waals surface area contributed by atoms with E-state index in [9.17, 15) is 5.11 Å². The lowest BCUT2D eigenvalue weighted by Gasteiger charge is -2.06. The predicted octanol–water partition coefficient (Wildman–Crippen LogP) is 6.03. The van der Waals surface area contributed by atoms with E-state index in [1.807, 2.05) is 49.4 Å². The molecule has 0 radical (unpaired) electrons. The van der Waals surface area contributed by atoms with Gasteiger partial charge in [-0.1, -0.05) is 33.6 Å². The van der Waals surface area contributed by atoms with Crippen molar-refractivity contribution < 1.29 is 14.3 Å². The Morgan fingerprint density at radius 1 is 1.14 bits per heavy atom. The van der Waals surface area contributed by atoms with Gasteiger partial charge in [0.05, 0.1) is 12.8 Å². The number of ether oxygens (including phenoxy) is 1. The number of hydrogen-bond acceptors (Lipinski definition) is 5. The minimum absolute atomic E-state index is 0.0405. The summed E-state index contributed by atoms with van der Waals surface area (Å²) in [6.45, 7) is 2.03. The maximum Gasteiger partial charge on any atom is 0.227 e. The number of rotatable bonds is 4. The summed E-state index contributed by atoms with van der Waals surface area (Å²) in [6, 6.07) is 17.0. The fourth-order valence-electron chi connectivity index (χ4n) is 2.89. The number of aryl methyl sites for hydroxylation is 1. The number of fused-ring (bicyclic) bond motifs is 1. The number of aliphatic imine (C=N–C) groups is 1. The molecule has 4 aromatic rings. The Balaban J connectivity index is 1.67. The number of benzene rings is 3. The van der Waals surface area contributed by atoms with Crippen LogP contribution in [0.3, 0.4) is 0 Å². The van der Waals surface area contributed by atoms with Crippen LogP contribution in [0.15, 0.2) is 68.5 Å². The molecule has 1 heterocycles. The van der Waals surface area contributed by atoms with E-state index < -0.39 is 0 Å². The zero-order chi connectivity index (χ0) is 19.7. The molecular weight excluding hydrogens is 420 g/mol. The van der Waals surface area contributed by atoms with Gasteiger partial charge in [-0.2, -0.15) is 0 Å². The zero-order valence-corrected chi connectivity index (χ0v) is 16.9. The second-order valence-electron chi connectivity index (χ2n) is 6.34. The van der Waals surface area contributed by atoms with Crippen molar-refractivity contribution in [2.45, 2.75) is 6.92 Å². The summed E-state index contributed by atoms with van der Waals surface area (Å²) in [4.78, 5) is 9.04. The van der Waals surface area contributed by atoms with Gasteiger partial charge in [-0.15, -0.1) is 0 Å². The van der Waals surface area contributed by atoms with Crippen LogP contribution in [0, 0.1) is 6.92 Å². The van der Waals surface area contributed by atoms with Gasteiger partial charge < -0.3 is 14.3 Å². The highest BCUT2D eigenvalue weighted by Gasteiger charge is 2.10. The molecule has 1 N–H and O–H groups in total. The van der Waals surface area contributed by atoms with E-state index in [0.29, 0.717) is 28.5 Å². The Kier molecular flexibility index (Phi) is 4.88. The van der Waals surface area contributed by atoms with Gasteiger partial charge in [-0.05, 0) is 49.4 Å². The van der Waals surface area contributed by atoms with E-state index in [-0.39, 0.29) is 5.75 Å². The van der Waals surface area contributed by atoms with Gasteiger partial charge >= 0.3 is 0 Å². The Morgan fingerprint density at radius 2 is 2.00 bits per heavy atom. The molecule has 0 saturated heterocycles. The van der Waals surface area contributed by atoms with Crippen molar-refractivity contribution in [1.29, 1.82) is 0 Å². The van der Waals surface area contributed by atoms with Crippen molar-refractivity contribution in [3.05, 3.63) is 70.2 Å². The third-order valence-corrected chi connectivity index (χ3v) is 4.74. The summed E-state index contributed by atoms with van der Waals surface area (Å²) in [5, 5.41) is 10.3. The van der Waals surface area contributed by atoms with Gasteiger partial charge in [0.25, 0.3) is 0 Å². The zero-order valence-electron chi connectivity index (χ0n) is 15.3. The summed E-state index contributed by atoms with van der Waals surface area (Å²) in [5.74, 6) is 0.999. The van der Waals surface area contributed by atoms with E-state index in [4.69, 9.17) is 9.15 Å². The second-order valence-corrected chi connectivity index (χ2v) is 7.26. The average Bonchev–Trinajstić information content (AvgIpc) is 3.11. The molecule has 0 aliphatic heterocycles. The van der Waals surface area contributed by atoms with Gasteiger partial charge in [0, 0.05) is 21.8 Å². The van der Waals surface area contributed by atoms with Crippen LogP contribution in [0.25, 0.3) is 22.6 Å². The molecule has 0 unspecified atom stereocenters. The molecule has 6 heteroatoms. The quantitative estimate of drug-likeness (QED) is 0.396. The number of hydrogen-bond donors (Lipinski definition) is 1. The first kappa shape index (κ1) is 18.3. The lowest BCUT2D eigenvalue weighted by molar-refractivity contribution is 0.373. The summed E-state index contributed by atoms with van der Waals surface area (Å²) < 4.78 is 11.8. The minimum Gasteiger partial charge on any atom is -0.504 e. The number of methoxy groups -OCH3 is 1. The van der Waals surface area contributed by atoms with Gasteiger partial charge in [0.1, 0.15) is 5.52 Å². The third-order valence-electron chi connectivity index (χ3n) is 4.28. The molecule has 1 aromatic heterocycles. The first-order chi connectivity index (χ1) is 13.5. The highest BCUT2D eigenvalue weighted by molar-refractivity contribution is 9.10. The van der Waals surface area contributed by atoms with E-state index in [0.717, 1.165) is 21.1 Å². The van der Waals surface area contributed by atoms with Crippen molar-refractivity contribution in [2.24, 2.45) is 4.99 Å². The number of aromatic hydroxyl groups is 1. The number of halogens is 1. The molecule has 0 atom stereocenters. The maximum atomic E-state index is 10.3. The molecule has 0 saturated carbocycles. The summed E-state index contributed by atoms with van der Waals surface area (Å²) in [7, 11) is 1.51. The summed E-state index contributed by atoms with van der Waals surface area (Å²) in [6.07, 6.45) is 1.59. The standard InChI is InChI=1S/C22H17BrN2O3/c1-13-4-3-5-14(8-13)22-25-18-11-17(6-7-19(18)28-22)24-12-15-9-16(23)10-20(27-2)21(15)26/h3-12,26H,1-2H3. The van der Waals surface area contributed by atoms with Crippen molar-refractivity contribution >= 4 is 38.9 Å². The van der Waals surface area contributed by atoms with Crippen LogP contribution < -0.4 is 4.74 Å². The normalized spacial score (nSPS) is 11.4. The SMILES string of the molecule is COc1cc(Br)cc(C=Nc2ccc3oc(-c4cccc(C)c4)nc3c2)c1O. The highest BCUT2D eigenvalue weighted by atomic mass is 79.9. The van der Waals surface area contributed by atoms with Crippen LogP contribution in [0.2, 0.25) is 0 Å². The molecule has 0 aliphatic rings. The lowest BCUT2D eigenvalue weighted by atomic mass is 10.1. The topological polar surface area (TPSA) is 67.9 Å². The maximum absolute atomic E-state index is 10.3. The molecule has 0 amide bonds. The van der Waals surface area contributed by atoms with E-state index in [1.54, 1.807) is 18.3 Å². The number of phenolic OH excluding ortho intramolecular Hbond substituents is 1. The van der Waals surface area contributed by atoms with Crippen LogP contribution >= 0.6 is 15.9 Å². The van der Waals surface area contributed by atoms with Gasteiger partial charge in [0.15, 0.2) is 17.1 Å². The smallest absolute Gasteiger partial charge is 0.227 e. The van der Waals surface area contributed by atoms with Gasteiger partial charge in [-0.3, -0.25) is 4.99 Å². The minimum atomic E-state index is 0.0405. The Bertz CT molecular complexity index is 1200. The van der Waals surface area contributed by atoms with E-state index in [1.165, 1.54) is 7.11 Å². The predicted molar refractivity (Wildman–Crippen MR) is 114 cm³/mol. The highest BCUT2D eigenvalue weighted by Crippen LogP contribution is 2.33. The molecule has 3 aromatic carbocycles. The fraction of sp³-hybridized carbons (Fsp3) is 0.0909. The number of nitrogens with zero attached hydrogens (tertiary/aromatic N) is 2. The molecule has 140 valence electrons. The largest absolute Gasteiger partial charge is 0.504 e. The molecule has 4 rings (SSSR count). The van der Waals surface area contributed by atoms with Crippen molar-refractivity contribution in [3.8, 4) is 23.0 Å². The number of oxazole rings is 1. The molecule has 0 fully saturated rings. The summed E-state index contributed by atoms with van der Waals surface area (Å²) in [5.41, 5.74) is 4.76. The first-order valence-electron chi connectivity index (χ1n) is 8.62. The van der Waals surface area contributed by atoms with E-state index >= 15 is 0 Å². The Morgan fingerprint density at radius 3 is 2.79 bits per heavy atom. The van der Waals surface area contributed by atoms with Crippen LogP contribution in [-0.4, -0.2) is 23.4 Å². The molecule has 0 bridgehead atoms. The van der Waals surface area contributed by atoms with Gasteiger partial charge in [0.2, 0.25) is 5.89 Å². The first-order valence-corrected chi connectivity index (χ1v) is 9.41. The fourth-order valence-corrected chi connectivity index (χ4v) is 3.34. The van der Waals surface area contributed by atoms with Gasteiger partial charge in [-0.25, -0.2) is 4.98 Å². The molecular formula is C22H17BrN2O3. The second kappa shape index (κ2) is 7.48. The summed E-state index contributed by atoms with van der Waals surface area (Å²) >= 11 is 3.40. The van der Waals surface area contributed by atoms with Crippen LogP contribution in [0.1, 0.15) is 11.1 Å². The van der Waals surface area contributed by atoms with Crippen LogP contribution in [0.5, 0.6) is 11.5 Å². The van der Waals surface area contributed by atoms with Crippen LogP contribution in [0.4, 0.5) is 5.69 Å². The Hall–Kier alpha value is -3.12. The van der Waals surface area contributed by atoms with Crippen molar-refractivity contribution in [3.63, 3.8) is 0 Å². The van der Waals surface area contributed by atoms with Crippen molar-refractivity contribution in [2.75, 3.05) is 7.11 Å². The monoisotopic (exact) mass is 436 g/mol. The van der Waals surface area contributed by atoms with Crippen molar-refractivity contribution in [1.82, 2.24) is 4.98 Å². The molecule has 0 spiro atoms. The third kappa shape index (κ3) is 3.64.